The molecule has 0 rings (SSSR count). The molecule has 0 aliphatic heterocycles. The summed E-state index contributed by atoms with van der Waals surface area (Å²) >= 11 is 0. The maximum atomic E-state index is 12.7. The summed E-state index contributed by atoms with van der Waals surface area (Å²) in [6.07, 6.45) is 5.57. The van der Waals surface area contributed by atoms with E-state index in [1.165, 1.54) is 12.4 Å². The first-order valence-corrected chi connectivity index (χ1v) is 13.2. The van der Waals surface area contributed by atoms with E-state index < -0.39 is 47.0 Å². The molecule has 0 radical (unpaired) electrons. The summed E-state index contributed by atoms with van der Waals surface area (Å²) in [6.45, 7) is 12.4. The van der Waals surface area contributed by atoms with Crippen molar-refractivity contribution in [2.75, 3.05) is 26.2 Å². The Morgan fingerprint density at radius 1 is 0.658 bits per heavy atom. The lowest BCUT2D eigenvalue weighted by Crippen LogP contribution is -2.53. The molecule has 12 nitrogen and oxygen atoms in total. The molecule has 0 aromatic rings. The lowest BCUT2D eigenvalue weighted by atomic mass is 10.1. The van der Waals surface area contributed by atoms with Gasteiger partial charge in [0.25, 0.3) is 0 Å². The number of hydrogen-bond acceptors (Lipinski definition) is 10. The number of ether oxygens (including phenoxy) is 2. The number of carbonyl (C=O) groups is 4. The highest BCUT2D eigenvalue weighted by Crippen LogP contribution is 2.13. The summed E-state index contributed by atoms with van der Waals surface area (Å²) in [5.41, 5.74) is -1.55. The van der Waals surface area contributed by atoms with Gasteiger partial charge in [0.1, 0.15) is 23.3 Å². The van der Waals surface area contributed by atoms with Crippen LogP contribution in [0.3, 0.4) is 0 Å². The van der Waals surface area contributed by atoms with Crippen LogP contribution >= 0.6 is 0 Å². The molecule has 0 spiro atoms. The number of esters is 2. The molecule has 2 unspecified atom stereocenters. The van der Waals surface area contributed by atoms with Gasteiger partial charge in [-0.25, -0.2) is 9.59 Å². The monoisotopic (exact) mass is 540 g/mol. The average molecular weight is 541 g/mol. The predicted octanol–water partition coefficient (Wildman–Crippen LogP) is 1.46. The average Bonchev–Trinajstić information content (AvgIpc) is 2.79. The Balaban J connectivity index is 5.24. The normalized spacial score (nSPS) is 13.1. The van der Waals surface area contributed by atoms with Crippen LogP contribution in [0, 0.1) is 10.8 Å². The minimum Gasteiger partial charge on any atom is -0.458 e. The van der Waals surface area contributed by atoms with Crippen LogP contribution in [-0.4, -0.2) is 85.6 Å². The molecular weight excluding hydrogens is 492 g/mol. The highest BCUT2D eigenvalue weighted by molar-refractivity contribution is 6.35. The van der Waals surface area contributed by atoms with Gasteiger partial charge in [-0.05, 0) is 93.2 Å². The van der Waals surface area contributed by atoms with E-state index in [0.717, 1.165) is 0 Å². The molecule has 2 amide bonds. The Morgan fingerprint density at radius 3 is 1.29 bits per heavy atom. The van der Waals surface area contributed by atoms with E-state index >= 15 is 0 Å². The summed E-state index contributed by atoms with van der Waals surface area (Å²) in [6, 6.07) is -2.06. The van der Waals surface area contributed by atoms with E-state index in [0.29, 0.717) is 51.9 Å². The molecule has 0 bridgehead atoms. The van der Waals surface area contributed by atoms with Gasteiger partial charge in [-0.1, -0.05) is 0 Å². The van der Waals surface area contributed by atoms with Crippen molar-refractivity contribution in [1.29, 1.82) is 10.8 Å². The largest absolute Gasteiger partial charge is 0.458 e. The number of amides is 2. The van der Waals surface area contributed by atoms with E-state index in [4.69, 9.17) is 20.3 Å². The first-order valence-electron chi connectivity index (χ1n) is 13.2. The van der Waals surface area contributed by atoms with Gasteiger partial charge in [-0.15, -0.1) is 0 Å². The highest BCUT2D eigenvalue weighted by atomic mass is 16.6. The molecule has 6 N–H and O–H groups in total. The Hall–Kier alpha value is -2.86. The third kappa shape index (κ3) is 18.4. The number of rotatable bonds is 18. The molecule has 0 saturated heterocycles. The Kier molecular flexibility index (Phi) is 17.0. The van der Waals surface area contributed by atoms with Crippen molar-refractivity contribution in [3.05, 3.63) is 0 Å². The van der Waals surface area contributed by atoms with E-state index in [2.05, 4.69) is 21.3 Å². The summed E-state index contributed by atoms with van der Waals surface area (Å²) in [5.74, 6) is -3.37. The minimum absolute atomic E-state index is 0.262. The quantitative estimate of drug-likeness (QED) is 0.0653. The minimum atomic E-state index is -1.04. The molecule has 0 fully saturated rings. The molecule has 12 heteroatoms. The van der Waals surface area contributed by atoms with Crippen molar-refractivity contribution in [2.45, 2.75) is 103 Å². The van der Waals surface area contributed by atoms with E-state index in [-0.39, 0.29) is 12.8 Å². The topological polar surface area (TPSA) is 183 Å². The molecule has 0 aromatic carbocycles. The smallest absolute Gasteiger partial charge is 0.329 e. The van der Waals surface area contributed by atoms with E-state index in [1.54, 1.807) is 41.5 Å². The van der Waals surface area contributed by atoms with E-state index in [9.17, 15) is 19.2 Å². The Morgan fingerprint density at radius 2 is 1.00 bits per heavy atom. The summed E-state index contributed by atoms with van der Waals surface area (Å²) in [4.78, 5) is 50.9. The zero-order valence-electron chi connectivity index (χ0n) is 23.8. The molecule has 2 atom stereocenters. The van der Waals surface area contributed by atoms with Crippen LogP contribution in [0.4, 0.5) is 0 Å². The molecule has 218 valence electrons. The van der Waals surface area contributed by atoms with E-state index in [1.807, 2.05) is 0 Å². The third-order valence-corrected chi connectivity index (χ3v) is 4.88. The predicted molar refractivity (Wildman–Crippen MR) is 147 cm³/mol. The van der Waals surface area contributed by atoms with Gasteiger partial charge in [0.15, 0.2) is 0 Å². The van der Waals surface area contributed by atoms with Gasteiger partial charge < -0.3 is 41.6 Å². The fourth-order valence-electron chi connectivity index (χ4n) is 3.24. The van der Waals surface area contributed by atoms with Crippen LogP contribution in [0.1, 0.15) is 80.1 Å². The first kappa shape index (κ1) is 35.1. The van der Waals surface area contributed by atoms with Crippen molar-refractivity contribution in [3.8, 4) is 0 Å². The molecule has 0 saturated carbocycles. The molecule has 0 aliphatic carbocycles. The summed E-state index contributed by atoms with van der Waals surface area (Å²) in [7, 11) is 0. The molecule has 0 heterocycles. The second kappa shape index (κ2) is 18.4. The molecular formula is C26H48N6O6. The zero-order valence-corrected chi connectivity index (χ0v) is 23.8. The Bertz CT molecular complexity index is 711. The lowest BCUT2D eigenvalue weighted by molar-refractivity contribution is -0.161. The van der Waals surface area contributed by atoms with Crippen LogP contribution < -0.4 is 21.3 Å². The van der Waals surface area contributed by atoms with Gasteiger partial charge in [0, 0.05) is 25.5 Å². The summed E-state index contributed by atoms with van der Waals surface area (Å²) in [5, 5.41) is 25.1. The SMILES string of the molecule is CC(C)(C)OC(=O)C(CCCCNCC=N)NC(=O)C(=O)NC(CCCCNCC=N)C(=O)OC(C)(C)C. The van der Waals surface area contributed by atoms with Crippen molar-refractivity contribution in [2.24, 2.45) is 0 Å². The fourth-order valence-corrected chi connectivity index (χ4v) is 3.24. The van der Waals surface area contributed by atoms with Crippen LogP contribution in [0.25, 0.3) is 0 Å². The molecule has 38 heavy (non-hydrogen) atoms. The highest BCUT2D eigenvalue weighted by Gasteiger charge is 2.31. The lowest BCUT2D eigenvalue weighted by Gasteiger charge is -2.26. The number of nitrogens with one attached hydrogen (secondary N) is 6. The number of unbranched alkanes of at least 4 members (excludes halogenated alkanes) is 2. The number of hydrogen-bond donors (Lipinski definition) is 6. The van der Waals surface area contributed by atoms with Gasteiger partial charge in [-0.2, -0.15) is 0 Å². The second-order valence-corrected chi connectivity index (χ2v) is 10.9. The van der Waals surface area contributed by atoms with Gasteiger partial charge in [0.05, 0.1) is 0 Å². The standard InChI is InChI=1S/C26H48N6O6/c1-25(2,3)37-23(35)19(11-7-9-15-29-17-13-27)31-21(33)22(34)32-20(24(36)38-26(4,5)6)12-8-10-16-30-18-14-28/h13-14,19-20,27-30H,7-12,15-18H2,1-6H3,(H,31,33)(H,32,34). The van der Waals surface area contributed by atoms with Gasteiger partial charge in [-0.3, -0.25) is 9.59 Å². The van der Waals surface area contributed by atoms with Crippen LogP contribution in [-0.2, 0) is 28.7 Å². The van der Waals surface area contributed by atoms with Crippen LogP contribution in [0.15, 0.2) is 0 Å². The molecule has 0 aromatic heterocycles. The molecule has 0 aliphatic rings. The van der Waals surface area contributed by atoms with Crippen molar-refractivity contribution in [1.82, 2.24) is 21.3 Å². The summed E-state index contributed by atoms with van der Waals surface area (Å²) < 4.78 is 10.8. The van der Waals surface area contributed by atoms with Crippen LogP contribution in [0.5, 0.6) is 0 Å². The van der Waals surface area contributed by atoms with Crippen molar-refractivity contribution >= 4 is 36.2 Å². The van der Waals surface area contributed by atoms with Crippen LogP contribution in [0.2, 0.25) is 0 Å². The Labute approximate surface area is 226 Å². The van der Waals surface area contributed by atoms with Crippen molar-refractivity contribution < 1.29 is 28.7 Å². The fraction of sp³-hybridized carbons (Fsp3) is 0.769. The zero-order chi connectivity index (χ0) is 29.2. The first-order chi connectivity index (χ1) is 17.7. The van der Waals surface area contributed by atoms with Gasteiger partial charge >= 0.3 is 23.8 Å². The van der Waals surface area contributed by atoms with Crippen molar-refractivity contribution in [3.63, 3.8) is 0 Å². The van der Waals surface area contributed by atoms with Gasteiger partial charge in [0.2, 0.25) is 0 Å². The maximum Gasteiger partial charge on any atom is 0.329 e. The maximum absolute atomic E-state index is 12.7. The number of carbonyl (C=O) groups excluding carboxylic acids is 4. The third-order valence-electron chi connectivity index (χ3n) is 4.88. The second-order valence-electron chi connectivity index (χ2n) is 10.9.